The second kappa shape index (κ2) is 4.77. The van der Waals surface area contributed by atoms with Crippen LogP contribution in [0.2, 0.25) is 0 Å². The number of rotatable bonds is 1. The number of hydrogen-bond donors (Lipinski definition) is 1. The zero-order valence-corrected chi connectivity index (χ0v) is 13.8. The van der Waals surface area contributed by atoms with Crippen molar-refractivity contribution in [1.82, 2.24) is 9.97 Å². The van der Waals surface area contributed by atoms with Crippen molar-refractivity contribution in [3.05, 3.63) is 36.6 Å². The van der Waals surface area contributed by atoms with Crippen molar-refractivity contribution < 1.29 is 0 Å². The highest BCUT2D eigenvalue weighted by Gasteiger charge is 2.22. The highest BCUT2D eigenvalue weighted by Crippen LogP contribution is 2.28. The minimum absolute atomic E-state index is 0.0587. The van der Waals surface area contributed by atoms with Gasteiger partial charge in [0.2, 0.25) is 0 Å². The highest BCUT2D eigenvalue weighted by molar-refractivity contribution is 14.1. The molecule has 1 N–H and O–H groups in total. The van der Waals surface area contributed by atoms with E-state index < -0.39 is 0 Å². The fourth-order valence-corrected chi connectivity index (χ4v) is 3.51. The average Bonchev–Trinajstić information content (AvgIpc) is 2.67. The Morgan fingerprint density at radius 1 is 1.33 bits per heavy atom. The summed E-state index contributed by atoms with van der Waals surface area (Å²) in [5, 5.41) is 0. The lowest BCUT2D eigenvalue weighted by molar-refractivity contribution is 0.562. The lowest BCUT2D eigenvalue weighted by atomic mass is 9.92. The van der Waals surface area contributed by atoms with Gasteiger partial charge in [0.15, 0.2) is 5.82 Å². The maximum absolute atomic E-state index is 12.0. The Balaban J connectivity index is 2.65. The minimum atomic E-state index is -0.133. The first-order valence-electron chi connectivity index (χ1n) is 5.66. The summed E-state index contributed by atoms with van der Waals surface area (Å²) in [6.07, 6.45) is 0. The summed E-state index contributed by atoms with van der Waals surface area (Å²) in [4.78, 5) is 21.7. The Hall–Kier alpha value is -0.690. The van der Waals surface area contributed by atoms with Crippen LogP contribution in [0.1, 0.15) is 31.3 Å². The number of thiophene rings is 1. The van der Waals surface area contributed by atoms with Gasteiger partial charge < -0.3 is 4.98 Å². The molecule has 0 spiro atoms. The number of hydrogen-bond acceptors (Lipinski definition) is 3. The molecule has 5 heteroatoms. The number of aromatic amines is 1. The van der Waals surface area contributed by atoms with Crippen LogP contribution in [0.25, 0.3) is 10.7 Å². The summed E-state index contributed by atoms with van der Waals surface area (Å²) < 4.78 is 0.678. The van der Waals surface area contributed by atoms with E-state index in [1.807, 2.05) is 19.1 Å². The highest BCUT2D eigenvalue weighted by atomic mass is 127. The summed E-state index contributed by atoms with van der Waals surface area (Å²) in [7, 11) is 0. The van der Waals surface area contributed by atoms with Gasteiger partial charge in [-0.15, -0.1) is 11.3 Å². The molecule has 0 fully saturated rings. The van der Waals surface area contributed by atoms with E-state index in [9.17, 15) is 4.79 Å². The van der Waals surface area contributed by atoms with Gasteiger partial charge >= 0.3 is 0 Å². The molecule has 0 saturated carbocycles. The lowest BCUT2D eigenvalue weighted by Crippen LogP contribution is -2.24. The molecule has 96 valence electrons. The van der Waals surface area contributed by atoms with Crippen molar-refractivity contribution in [3.8, 4) is 10.7 Å². The predicted molar refractivity (Wildman–Crippen MR) is 84.3 cm³/mol. The molecule has 0 radical (unpaired) electrons. The van der Waals surface area contributed by atoms with Crippen LogP contribution in [0, 0.1) is 10.5 Å². The molecular weight excluding hydrogens is 359 g/mol. The first-order valence-corrected chi connectivity index (χ1v) is 7.55. The summed E-state index contributed by atoms with van der Waals surface area (Å²) in [6, 6.07) is 4.03. The second-order valence-electron chi connectivity index (χ2n) is 5.24. The normalized spacial score (nSPS) is 11.8. The van der Waals surface area contributed by atoms with Crippen molar-refractivity contribution >= 4 is 33.9 Å². The monoisotopic (exact) mass is 374 g/mol. The third kappa shape index (κ3) is 2.66. The number of nitrogens with zero attached hydrogens (tertiary/aromatic N) is 1. The molecule has 18 heavy (non-hydrogen) atoms. The van der Waals surface area contributed by atoms with Crippen molar-refractivity contribution in [2.24, 2.45) is 0 Å². The van der Waals surface area contributed by atoms with Crippen LogP contribution in [0.15, 0.2) is 16.9 Å². The van der Waals surface area contributed by atoms with E-state index in [-0.39, 0.29) is 11.0 Å². The van der Waals surface area contributed by atoms with Gasteiger partial charge in [0.25, 0.3) is 5.56 Å². The summed E-state index contributed by atoms with van der Waals surface area (Å²) in [5.41, 5.74) is 0.663. The molecule has 2 heterocycles. The SMILES string of the molecule is Cc1ccc(-c2nc(C(C)(C)C)c(I)c(=O)[nH]2)s1. The predicted octanol–water partition coefficient (Wildman–Crippen LogP) is 3.71. The molecule has 0 aliphatic carbocycles. The minimum Gasteiger partial charge on any atom is -0.305 e. The standard InChI is InChI=1S/C13H15IN2OS/c1-7-5-6-8(18-7)11-15-10(13(2,3)4)9(14)12(17)16-11/h5-6H,1-4H3,(H,15,16,17). The molecule has 3 nitrogen and oxygen atoms in total. The number of nitrogens with one attached hydrogen (secondary N) is 1. The number of aromatic nitrogens is 2. The van der Waals surface area contributed by atoms with Gasteiger partial charge in [-0.25, -0.2) is 4.98 Å². The Bertz CT molecular complexity index is 637. The van der Waals surface area contributed by atoms with E-state index >= 15 is 0 Å². The van der Waals surface area contributed by atoms with Gasteiger partial charge in [-0.2, -0.15) is 0 Å². The van der Waals surface area contributed by atoms with Crippen LogP contribution < -0.4 is 5.56 Å². The molecule has 2 aromatic rings. The van der Waals surface area contributed by atoms with Gasteiger partial charge in [0.1, 0.15) is 3.57 Å². The van der Waals surface area contributed by atoms with Gasteiger partial charge in [-0.05, 0) is 41.6 Å². The molecule has 0 unspecified atom stereocenters. The number of halogens is 1. The Morgan fingerprint density at radius 2 is 2.00 bits per heavy atom. The van der Waals surface area contributed by atoms with Gasteiger partial charge in [-0.1, -0.05) is 20.8 Å². The Kier molecular flexibility index (Phi) is 3.64. The van der Waals surface area contributed by atoms with Crippen LogP contribution in [-0.2, 0) is 5.41 Å². The molecule has 0 aromatic carbocycles. The molecule has 0 amide bonds. The van der Waals surface area contributed by atoms with Crippen LogP contribution in [0.3, 0.4) is 0 Å². The molecule has 2 rings (SSSR count). The molecule has 0 aliphatic rings. The van der Waals surface area contributed by atoms with E-state index in [2.05, 4.69) is 53.3 Å². The lowest BCUT2D eigenvalue weighted by Gasteiger charge is -2.19. The van der Waals surface area contributed by atoms with Crippen LogP contribution in [-0.4, -0.2) is 9.97 Å². The van der Waals surface area contributed by atoms with Crippen LogP contribution >= 0.6 is 33.9 Å². The van der Waals surface area contributed by atoms with Crippen molar-refractivity contribution in [3.63, 3.8) is 0 Å². The van der Waals surface area contributed by atoms with Gasteiger partial charge in [-0.3, -0.25) is 4.79 Å². The molecule has 2 aromatic heterocycles. The molecular formula is C13H15IN2OS. The first kappa shape index (κ1) is 13.7. The Labute approximate surface area is 124 Å². The topological polar surface area (TPSA) is 45.8 Å². The number of H-pyrrole nitrogens is 1. The van der Waals surface area contributed by atoms with Crippen LogP contribution in [0.4, 0.5) is 0 Å². The molecule has 0 aliphatic heterocycles. The van der Waals surface area contributed by atoms with Gasteiger partial charge in [0, 0.05) is 10.3 Å². The summed E-state index contributed by atoms with van der Waals surface area (Å²) >= 11 is 3.71. The van der Waals surface area contributed by atoms with E-state index in [4.69, 9.17) is 0 Å². The summed E-state index contributed by atoms with van der Waals surface area (Å²) in [6.45, 7) is 8.25. The second-order valence-corrected chi connectivity index (χ2v) is 7.60. The first-order chi connectivity index (χ1) is 8.29. The van der Waals surface area contributed by atoms with Crippen molar-refractivity contribution in [2.75, 3.05) is 0 Å². The van der Waals surface area contributed by atoms with Crippen molar-refractivity contribution in [2.45, 2.75) is 33.1 Å². The smallest absolute Gasteiger partial charge is 0.264 e. The van der Waals surface area contributed by atoms with E-state index in [1.165, 1.54) is 4.88 Å². The molecule has 0 saturated heterocycles. The van der Waals surface area contributed by atoms with E-state index in [0.717, 1.165) is 10.6 Å². The number of aryl methyl sites for hydroxylation is 1. The molecule has 0 bridgehead atoms. The average molecular weight is 374 g/mol. The Morgan fingerprint density at radius 3 is 2.50 bits per heavy atom. The van der Waals surface area contributed by atoms with E-state index in [0.29, 0.717) is 9.39 Å². The third-order valence-electron chi connectivity index (χ3n) is 2.55. The maximum Gasteiger partial charge on any atom is 0.264 e. The quantitative estimate of drug-likeness (QED) is 0.774. The fourth-order valence-electron chi connectivity index (χ4n) is 1.63. The zero-order valence-electron chi connectivity index (χ0n) is 10.8. The van der Waals surface area contributed by atoms with Gasteiger partial charge in [0.05, 0.1) is 10.6 Å². The summed E-state index contributed by atoms with van der Waals surface area (Å²) in [5.74, 6) is 0.670. The van der Waals surface area contributed by atoms with Crippen LogP contribution in [0.5, 0.6) is 0 Å². The zero-order chi connectivity index (χ0) is 13.5. The maximum atomic E-state index is 12.0. The van der Waals surface area contributed by atoms with E-state index in [1.54, 1.807) is 11.3 Å². The molecule has 0 atom stereocenters. The largest absolute Gasteiger partial charge is 0.305 e. The fraction of sp³-hybridized carbons (Fsp3) is 0.385. The third-order valence-corrected chi connectivity index (χ3v) is 4.56. The van der Waals surface area contributed by atoms with Crippen molar-refractivity contribution in [1.29, 1.82) is 0 Å².